The van der Waals surface area contributed by atoms with E-state index in [9.17, 15) is 8.42 Å². The number of fused-ring (bicyclic) bond motifs is 3. The van der Waals surface area contributed by atoms with Crippen LogP contribution >= 0.6 is 0 Å². The number of rotatable bonds is 4. The molecule has 23 heavy (non-hydrogen) atoms. The van der Waals surface area contributed by atoms with Gasteiger partial charge in [0.1, 0.15) is 0 Å². The Morgan fingerprint density at radius 2 is 2.04 bits per heavy atom. The van der Waals surface area contributed by atoms with Crippen molar-refractivity contribution in [3.63, 3.8) is 0 Å². The highest BCUT2D eigenvalue weighted by molar-refractivity contribution is 7.89. The van der Waals surface area contributed by atoms with E-state index < -0.39 is 10.0 Å². The SMILES string of the molecule is CCO[C@]12C=C3CN(S(=O)(=O)c4ccc(C)cc4)C[C@@H]3[C@H]1CC2. The van der Waals surface area contributed by atoms with Crippen molar-refractivity contribution in [1.29, 1.82) is 0 Å². The third-order valence-corrected chi connectivity index (χ3v) is 7.52. The van der Waals surface area contributed by atoms with E-state index in [1.807, 2.05) is 26.0 Å². The first-order valence-corrected chi connectivity index (χ1v) is 9.83. The predicted molar refractivity (Wildman–Crippen MR) is 88.6 cm³/mol. The minimum Gasteiger partial charge on any atom is -0.371 e. The van der Waals surface area contributed by atoms with Crippen LogP contribution in [0.4, 0.5) is 0 Å². The summed E-state index contributed by atoms with van der Waals surface area (Å²) in [6.45, 7) is 5.84. The quantitative estimate of drug-likeness (QED) is 0.796. The minimum absolute atomic E-state index is 0.0888. The molecule has 1 aromatic rings. The molecule has 0 spiro atoms. The van der Waals surface area contributed by atoms with E-state index in [0.717, 1.165) is 25.0 Å². The van der Waals surface area contributed by atoms with Crippen molar-refractivity contribution in [1.82, 2.24) is 4.31 Å². The highest BCUT2D eigenvalue weighted by Gasteiger charge is 2.58. The highest BCUT2D eigenvalue weighted by atomic mass is 32.2. The molecule has 3 atom stereocenters. The maximum atomic E-state index is 12.9. The molecule has 0 bridgehead atoms. The van der Waals surface area contributed by atoms with Crippen LogP contribution in [-0.4, -0.2) is 38.0 Å². The Kier molecular flexibility index (Phi) is 3.45. The molecule has 4 rings (SSSR count). The third-order valence-electron chi connectivity index (χ3n) is 5.70. The summed E-state index contributed by atoms with van der Waals surface area (Å²) in [5, 5.41) is 0. The Morgan fingerprint density at radius 3 is 2.65 bits per heavy atom. The summed E-state index contributed by atoms with van der Waals surface area (Å²) in [6.07, 6.45) is 4.46. The fourth-order valence-electron chi connectivity index (χ4n) is 4.42. The molecule has 124 valence electrons. The van der Waals surface area contributed by atoms with E-state index in [1.165, 1.54) is 5.57 Å². The number of aryl methyl sites for hydroxylation is 1. The molecule has 0 amide bonds. The Labute approximate surface area is 138 Å². The van der Waals surface area contributed by atoms with Crippen LogP contribution in [0.15, 0.2) is 40.8 Å². The van der Waals surface area contributed by atoms with Crippen molar-refractivity contribution in [3.05, 3.63) is 41.5 Å². The number of nitrogens with zero attached hydrogens (tertiary/aromatic N) is 1. The van der Waals surface area contributed by atoms with E-state index in [1.54, 1.807) is 16.4 Å². The second kappa shape index (κ2) is 5.16. The van der Waals surface area contributed by atoms with Crippen LogP contribution in [0, 0.1) is 18.8 Å². The van der Waals surface area contributed by atoms with Crippen molar-refractivity contribution >= 4 is 10.0 Å². The highest BCUT2D eigenvalue weighted by Crippen LogP contribution is 2.56. The maximum absolute atomic E-state index is 12.9. The van der Waals surface area contributed by atoms with Gasteiger partial charge >= 0.3 is 0 Å². The molecule has 1 aromatic carbocycles. The van der Waals surface area contributed by atoms with Crippen LogP contribution in [-0.2, 0) is 14.8 Å². The first kappa shape index (κ1) is 15.4. The maximum Gasteiger partial charge on any atom is 0.243 e. The van der Waals surface area contributed by atoms with Gasteiger partial charge in [-0.25, -0.2) is 8.42 Å². The molecule has 3 aliphatic rings. The van der Waals surface area contributed by atoms with Crippen LogP contribution in [0.5, 0.6) is 0 Å². The monoisotopic (exact) mass is 333 g/mol. The zero-order chi connectivity index (χ0) is 16.2. The van der Waals surface area contributed by atoms with Crippen LogP contribution in [0.25, 0.3) is 0 Å². The first-order chi connectivity index (χ1) is 11.0. The van der Waals surface area contributed by atoms with E-state index in [0.29, 0.717) is 29.8 Å². The molecule has 1 heterocycles. The summed E-state index contributed by atoms with van der Waals surface area (Å²) in [4.78, 5) is 0.397. The average Bonchev–Trinajstić information content (AvgIpc) is 2.97. The van der Waals surface area contributed by atoms with E-state index in [2.05, 4.69) is 6.08 Å². The summed E-state index contributed by atoms with van der Waals surface area (Å²) < 4.78 is 33.4. The Bertz CT molecular complexity index is 753. The number of hydrogen-bond donors (Lipinski definition) is 0. The number of benzene rings is 1. The van der Waals surface area contributed by atoms with Gasteiger partial charge in [-0.1, -0.05) is 29.3 Å². The lowest BCUT2D eigenvalue weighted by Crippen LogP contribution is -2.49. The molecule has 2 fully saturated rings. The van der Waals surface area contributed by atoms with Crippen molar-refractivity contribution in [2.24, 2.45) is 11.8 Å². The van der Waals surface area contributed by atoms with Gasteiger partial charge in [-0.05, 0) is 44.7 Å². The average molecular weight is 333 g/mol. The fourth-order valence-corrected chi connectivity index (χ4v) is 5.88. The minimum atomic E-state index is -3.39. The van der Waals surface area contributed by atoms with Gasteiger partial charge < -0.3 is 4.74 Å². The largest absolute Gasteiger partial charge is 0.371 e. The second-order valence-electron chi connectivity index (χ2n) is 6.97. The summed E-state index contributed by atoms with van der Waals surface area (Å²) in [7, 11) is -3.39. The molecule has 0 radical (unpaired) electrons. The molecule has 0 N–H and O–H groups in total. The van der Waals surface area contributed by atoms with E-state index in [-0.39, 0.29) is 5.60 Å². The first-order valence-electron chi connectivity index (χ1n) is 8.39. The zero-order valence-corrected chi connectivity index (χ0v) is 14.5. The molecule has 1 saturated heterocycles. The molecule has 1 aliphatic heterocycles. The molecular weight excluding hydrogens is 310 g/mol. The zero-order valence-electron chi connectivity index (χ0n) is 13.7. The fraction of sp³-hybridized carbons (Fsp3) is 0.556. The molecule has 0 aromatic heterocycles. The van der Waals surface area contributed by atoms with Crippen molar-refractivity contribution in [2.75, 3.05) is 19.7 Å². The topological polar surface area (TPSA) is 46.6 Å². The molecule has 2 aliphatic carbocycles. The van der Waals surface area contributed by atoms with Gasteiger partial charge in [0, 0.05) is 25.6 Å². The second-order valence-corrected chi connectivity index (χ2v) is 8.91. The van der Waals surface area contributed by atoms with Gasteiger partial charge in [0.25, 0.3) is 0 Å². The number of ether oxygens (including phenoxy) is 1. The van der Waals surface area contributed by atoms with E-state index >= 15 is 0 Å². The Balaban J connectivity index is 1.59. The normalized spacial score (nSPS) is 33.0. The van der Waals surface area contributed by atoms with Gasteiger partial charge in [-0.2, -0.15) is 4.31 Å². The van der Waals surface area contributed by atoms with Gasteiger partial charge in [0.05, 0.1) is 10.5 Å². The van der Waals surface area contributed by atoms with Crippen molar-refractivity contribution in [3.8, 4) is 0 Å². The predicted octanol–water partition coefficient (Wildman–Crippen LogP) is 2.74. The van der Waals surface area contributed by atoms with Crippen molar-refractivity contribution < 1.29 is 13.2 Å². The number of sulfonamides is 1. The lowest BCUT2D eigenvalue weighted by Gasteiger charge is -2.46. The summed E-state index contributed by atoms with van der Waals surface area (Å²) in [6, 6.07) is 7.13. The smallest absolute Gasteiger partial charge is 0.243 e. The lowest BCUT2D eigenvalue weighted by molar-refractivity contribution is -0.109. The van der Waals surface area contributed by atoms with Crippen LogP contribution in [0.3, 0.4) is 0 Å². The lowest BCUT2D eigenvalue weighted by atomic mass is 9.68. The summed E-state index contributed by atoms with van der Waals surface area (Å²) in [5.74, 6) is 0.811. The van der Waals surface area contributed by atoms with Gasteiger partial charge in [-0.15, -0.1) is 0 Å². The van der Waals surface area contributed by atoms with Crippen LogP contribution in [0.1, 0.15) is 25.3 Å². The Morgan fingerprint density at radius 1 is 1.30 bits per heavy atom. The van der Waals surface area contributed by atoms with Crippen molar-refractivity contribution in [2.45, 2.75) is 37.2 Å². The number of hydrogen-bond acceptors (Lipinski definition) is 3. The van der Waals surface area contributed by atoms with Gasteiger partial charge in [0.15, 0.2) is 0 Å². The third kappa shape index (κ3) is 2.21. The standard InChI is InChI=1S/C18H23NO3S/c1-3-22-18-9-8-17(18)16-12-19(11-14(16)10-18)23(20,21)15-6-4-13(2)5-7-15/h4-7,10,16-17H,3,8-9,11-12H2,1-2H3/t16-,17+,18+/m0/s1. The van der Waals surface area contributed by atoms with E-state index in [4.69, 9.17) is 4.74 Å². The summed E-state index contributed by atoms with van der Waals surface area (Å²) in [5.41, 5.74) is 2.24. The molecule has 0 unspecified atom stereocenters. The van der Waals surface area contributed by atoms with Gasteiger partial charge in [-0.3, -0.25) is 0 Å². The molecular formula is C18H23NO3S. The molecule has 5 heteroatoms. The summed E-state index contributed by atoms with van der Waals surface area (Å²) >= 11 is 0. The Hall–Kier alpha value is -1.17. The molecule has 1 saturated carbocycles. The molecule has 4 nitrogen and oxygen atoms in total. The van der Waals surface area contributed by atoms with Gasteiger partial charge in [0.2, 0.25) is 10.0 Å². The van der Waals surface area contributed by atoms with Crippen LogP contribution < -0.4 is 0 Å². The van der Waals surface area contributed by atoms with Crippen LogP contribution in [0.2, 0.25) is 0 Å².